The molecule has 0 aromatic carbocycles. The topological polar surface area (TPSA) is 26.0 Å². The molecule has 0 heterocycles. The molecule has 1 heteroatoms. The largest absolute Gasteiger partial charge is 0.330 e. The summed E-state index contributed by atoms with van der Waals surface area (Å²) < 4.78 is 0. The summed E-state index contributed by atoms with van der Waals surface area (Å²) in [5, 5.41) is 0. The Bertz CT molecular complexity index is 121. The van der Waals surface area contributed by atoms with Gasteiger partial charge in [0.25, 0.3) is 0 Å². The Labute approximate surface area is 70.4 Å². The van der Waals surface area contributed by atoms with Crippen molar-refractivity contribution in [2.75, 3.05) is 6.54 Å². The van der Waals surface area contributed by atoms with E-state index in [4.69, 9.17) is 5.73 Å². The van der Waals surface area contributed by atoms with Crippen molar-refractivity contribution in [2.45, 2.75) is 40.0 Å². The smallest absolute Gasteiger partial charge is 0.00230 e. The fourth-order valence-corrected chi connectivity index (χ4v) is 2.79. The molecule has 11 heavy (non-hydrogen) atoms. The molecule has 2 N–H and O–H groups in total. The lowest BCUT2D eigenvalue weighted by Crippen LogP contribution is -2.35. The first kappa shape index (κ1) is 9.05. The van der Waals surface area contributed by atoms with Gasteiger partial charge >= 0.3 is 0 Å². The first-order chi connectivity index (χ1) is 5.06. The monoisotopic (exact) mass is 155 g/mol. The van der Waals surface area contributed by atoms with Crippen molar-refractivity contribution in [1.29, 1.82) is 0 Å². The molecule has 1 fully saturated rings. The van der Waals surface area contributed by atoms with Crippen LogP contribution in [0.25, 0.3) is 0 Å². The van der Waals surface area contributed by atoms with Gasteiger partial charge in [0, 0.05) is 0 Å². The van der Waals surface area contributed by atoms with E-state index in [2.05, 4.69) is 20.8 Å². The van der Waals surface area contributed by atoms with Crippen LogP contribution in [0.15, 0.2) is 0 Å². The molecular weight excluding hydrogens is 134 g/mol. The van der Waals surface area contributed by atoms with Crippen LogP contribution in [-0.2, 0) is 0 Å². The molecule has 1 rings (SSSR count). The van der Waals surface area contributed by atoms with Crippen LogP contribution in [0.1, 0.15) is 40.0 Å². The van der Waals surface area contributed by atoms with E-state index in [1.54, 1.807) is 0 Å². The van der Waals surface area contributed by atoms with Gasteiger partial charge in [-0.15, -0.1) is 0 Å². The summed E-state index contributed by atoms with van der Waals surface area (Å²) in [6.45, 7) is 7.90. The van der Waals surface area contributed by atoms with Gasteiger partial charge in [0.05, 0.1) is 0 Å². The van der Waals surface area contributed by atoms with Crippen molar-refractivity contribution < 1.29 is 0 Å². The van der Waals surface area contributed by atoms with Gasteiger partial charge in [-0.3, -0.25) is 0 Å². The molecule has 2 atom stereocenters. The molecule has 0 spiro atoms. The Morgan fingerprint density at radius 1 is 1.27 bits per heavy atom. The number of hydrogen-bond donors (Lipinski definition) is 1. The molecule has 0 aliphatic heterocycles. The average molecular weight is 155 g/mol. The molecule has 0 aromatic heterocycles. The zero-order valence-corrected chi connectivity index (χ0v) is 8.06. The van der Waals surface area contributed by atoms with E-state index < -0.39 is 0 Å². The van der Waals surface area contributed by atoms with Crippen LogP contribution in [0.2, 0.25) is 0 Å². The maximum atomic E-state index is 5.76. The van der Waals surface area contributed by atoms with E-state index in [0.29, 0.717) is 5.41 Å². The summed E-state index contributed by atoms with van der Waals surface area (Å²) in [7, 11) is 0. The first-order valence-electron chi connectivity index (χ1n) is 4.76. The highest BCUT2D eigenvalue weighted by Gasteiger charge is 2.32. The SMILES string of the molecule is C[C@H]1C[C@H](C)CC(C)(CN)C1. The second-order valence-electron chi connectivity index (χ2n) is 4.87. The predicted molar refractivity (Wildman–Crippen MR) is 49.3 cm³/mol. The minimum absolute atomic E-state index is 0.442. The highest BCUT2D eigenvalue weighted by Crippen LogP contribution is 2.40. The molecule has 66 valence electrons. The van der Waals surface area contributed by atoms with Crippen molar-refractivity contribution in [3.63, 3.8) is 0 Å². The molecule has 0 amide bonds. The maximum Gasteiger partial charge on any atom is -0.00230 e. The van der Waals surface area contributed by atoms with Crippen LogP contribution >= 0.6 is 0 Å². The van der Waals surface area contributed by atoms with Gasteiger partial charge < -0.3 is 5.73 Å². The van der Waals surface area contributed by atoms with Crippen LogP contribution in [0.5, 0.6) is 0 Å². The van der Waals surface area contributed by atoms with Gasteiger partial charge in [0.2, 0.25) is 0 Å². The van der Waals surface area contributed by atoms with Gasteiger partial charge in [-0.25, -0.2) is 0 Å². The average Bonchev–Trinajstić information content (AvgIpc) is 1.84. The van der Waals surface area contributed by atoms with Crippen LogP contribution < -0.4 is 5.73 Å². The van der Waals surface area contributed by atoms with Gasteiger partial charge in [-0.2, -0.15) is 0 Å². The molecule has 0 aromatic rings. The second-order valence-corrected chi connectivity index (χ2v) is 4.87. The lowest BCUT2D eigenvalue weighted by molar-refractivity contribution is 0.131. The predicted octanol–water partition coefficient (Wildman–Crippen LogP) is 2.41. The van der Waals surface area contributed by atoms with E-state index >= 15 is 0 Å². The van der Waals surface area contributed by atoms with Crippen molar-refractivity contribution in [2.24, 2.45) is 23.0 Å². The van der Waals surface area contributed by atoms with Gasteiger partial charge in [-0.05, 0) is 43.1 Å². The standard InChI is InChI=1S/C10H21N/c1-8-4-9(2)6-10(3,5-8)7-11/h8-9H,4-7,11H2,1-3H3/t8-,9-/m0/s1. The molecule has 0 radical (unpaired) electrons. The van der Waals surface area contributed by atoms with Gasteiger partial charge in [-0.1, -0.05) is 20.8 Å². The fraction of sp³-hybridized carbons (Fsp3) is 1.00. The van der Waals surface area contributed by atoms with E-state index in [1.807, 2.05) is 0 Å². The number of nitrogens with two attached hydrogens (primary N) is 1. The summed E-state index contributed by atoms with van der Waals surface area (Å²) >= 11 is 0. The Morgan fingerprint density at radius 3 is 2.09 bits per heavy atom. The lowest BCUT2D eigenvalue weighted by Gasteiger charge is -2.39. The van der Waals surface area contributed by atoms with Crippen LogP contribution in [0.4, 0.5) is 0 Å². The molecule has 0 bridgehead atoms. The zero-order chi connectivity index (χ0) is 8.48. The zero-order valence-electron chi connectivity index (χ0n) is 8.06. The molecule has 1 saturated carbocycles. The van der Waals surface area contributed by atoms with E-state index in [0.717, 1.165) is 18.4 Å². The molecule has 1 nitrogen and oxygen atoms in total. The van der Waals surface area contributed by atoms with E-state index in [1.165, 1.54) is 19.3 Å². The molecule has 1 aliphatic carbocycles. The number of hydrogen-bond acceptors (Lipinski definition) is 1. The third kappa shape index (κ3) is 2.19. The van der Waals surface area contributed by atoms with Gasteiger partial charge in [0.1, 0.15) is 0 Å². The summed E-state index contributed by atoms with van der Waals surface area (Å²) in [5.41, 5.74) is 6.20. The quantitative estimate of drug-likeness (QED) is 0.618. The highest BCUT2D eigenvalue weighted by atomic mass is 14.6. The molecular formula is C10H21N. The third-order valence-electron chi connectivity index (χ3n) is 2.98. The van der Waals surface area contributed by atoms with Crippen molar-refractivity contribution in [3.8, 4) is 0 Å². The summed E-state index contributed by atoms with van der Waals surface area (Å²) in [6.07, 6.45) is 4.05. The maximum absolute atomic E-state index is 5.76. The third-order valence-corrected chi connectivity index (χ3v) is 2.98. The Morgan fingerprint density at radius 2 is 1.73 bits per heavy atom. The van der Waals surface area contributed by atoms with Crippen molar-refractivity contribution in [3.05, 3.63) is 0 Å². The summed E-state index contributed by atoms with van der Waals surface area (Å²) in [5.74, 6) is 1.76. The Hall–Kier alpha value is -0.0400. The molecule has 0 saturated heterocycles. The Kier molecular flexibility index (Phi) is 2.58. The minimum atomic E-state index is 0.442. The molecule has 0 unspecified atom stereocenters. The minimum Gasteiger partial charge on any atom is -0.330 e. The van der Waals surface area contributed by atoms with Crippen LogP contribution in [0, 0.1) is 17.3 Å². The lowest BCUT2D eigenvalue weighted by atomic mass is 9.67. The molecule has 1 aliphatic rings. The normalized spacial score (nSPS) is 45.8. The van der Waals surface area contributed by atoms with E-state index in [-0.39, 0.29) is 0 Å². The fourth-order valence-electron chi connectivity index (χ4n) is 2.79. The van der Waals surface area contributed by atoms with Gasteiger partial charge in [0.15, 0.2) is 0 Å². The summed E-state index contributed by atoms with van der Waals surface area (Å²) in [4.78, 5) is 0. The highest BCUT2D eigenvalue weighted by molar-refractivity contribution is 4.84. The summed E-state index contributed by atoms with van der Waals surface area (Å²) in [6, 6.07) is 0. The Balaban J connectivity index is 2.55. The second kappa shape index (κ2) is 3.14. The van der Waals surface area contributed by atoms with Crippen molar-refractivity contribution >= 4 is 0 Å². The van der Waals surface area contributed by atoms with Crippen molar-refractivity contribution in [1.82, 2.24) is 0 Å². The first-order valence-corrected chi connectivity index (χ1v) is 4.76. The van der Waals surface area contributed by atoms with E-state index in [9.17, 15) is 0 Å². The number of rotatable bonds is 1. The van der Waals surface area contributed by atoms with Crippen LogP contribution in [-0.4, -0.2) is 6.54 Å². The van der Waals surface area contributed by atoms with Crippen LogP contribution in [0.3, 0.4) is 0 Å².